The molecule has 0 aliphatic rings. The minimum atomic E-state index is -0.523. The number of hydrogen-bond donors (Lipinski definition) is 1. The van der Waals surface area contributed by atoms with E-state index in [9.17, 15) is 14.0 Å². The Bertz CT molecular complexity index is 992. The van der Waals surface area contributed by atoms with Gasteiger partial charge >= 0.3 is 5.69 Å². The highest BCUT2D eigenvalue weighted by molar-refractivity contribution is 5.76. The van der Waals surface area contributed by atoms with Crippen LogP contribution in [0.3, 0.4) is 0 Å². The van der Waals surface area contributed by atoms with Gasteiger partial charge in [0.15, 0.2) is 0 Å². The summed E-state index contributed by atoms with van der Waals surface area (Å²) in [6.07, 6.45) is 0. The lowest BCUT2D eigenvalue weighted by molar-refractivity contribution is 0.146. The lowest BCUT2D eigenvalue weighted by Gasteiger charge is -2.19. The van der Waals surface area contributed by atoms with Crippen LogP contribution in [-0.4, -0.2) is 47.9 Å². The second kappa shape index (κ2) is 8.99. The first-order valence-corrected chi connectivity index (χ1v) is 8.87. The van der Waals surface area contributed by atoms with Crippen molar-refractivity contribution in [1.29, 1.82) is 0 Å². The first kappa shape index (κ1) is 21.6. The maximum absolute atomic E-state index is 14.3. The molecule has 0 fully saturated rings. The van der Waals surface area contributed by atoms with Crippen molar-refractivity contribution in [3.05, 3.63) is 62.6 Å². The zero-order valence-corrected chi connectivity index (χ0v) is 17.0. The van der Waals surface area contributed by atoms with E-state index in [1.807, 2.05) is 19.0 Å². The number of nitrogens with one attached hydrogen (secondary N) is 1. The van der Waals surface area contributed by atoms with Gasteiger partial charge in [-0.05, 0) is 44.3 Å². The summed E-state index contributed by atoms with van der Waals surface area (Å²) in [4.78, 5) is 27.1. The van der Waals surface area contributed by atoms with Gasteiger partial charge in [0.25, 0.3) is 5.56 Å². The van der Waals surface area contributed by atoms with Gasteiger partial charge in [-0.2, -0.15) is 0 Å². The number of anilines is 2. The van der Waals surface area contributed by atoms with Gasteiger partial charge in [-0.1, -0.05) is 12.6 Å². The van der Waals surface area contributed by atoms with E-state index in [0.717, 1.165) is 16.7 Å². The molecule has 8 heteroatoms. The molecule has 2 rings (SSSR count). The number of aryl methyl sites for hydroxylation is 1. The van der Waals surface area contributed by atoms with Crippen LogP contribution in [0.4, 0.5) is 15.9 Å². The number of ether oxygens (including phenoxy) is 1. The van der Waals surface area contributed by atoms with Crippen molar-refractivity contribution >= 4 is 17.1 Å². The van der Waals surface area contributed by atoms with Crippen LogP contribution in [0.2, 0.25) is 0 Å². The third kappa shape index (κ3) is 4.76. The Balaban J connectivity index is 2.44. The fourth-order valence-electron chi connectivity index (χ4n) is 2.67. The minimum absolute atomic E-state index is 0.117. The van der Waals surface area contributed by atoms with Crippen LogP contribution in [0.25, 0.3) is 5.57 Å². The van der Waals surface area contributed by atoms with E-state index in [2.05, 4.69) is 11.9 Å². The van der Waals surface area contributed by atoms with E-state index < -0.39 is 17.1 Å². The highest BCUT2D eigenvalue weighted by atomic mass is 19.1. The molecule has 0 unspecified atom stereocenters. The molecule has 152 valence electrons. The predicted octanol–water partition coefficient (Wildman–Crippen LogP) is 1.87. The van der Waals surface area contributed by atoms with Gasteiger partial charge in [0.1, 0.15) is 11.6 Å². The molecule has 1 aromatic carbocycles. The molecular formula is C20H27FN4O3. The standard InChI is InChI=1S/C20H27FN4O3/c1-13-7-8-16(15(21)11-13)22-18-17(14(2)12-28-10-9-23(3)4)19(26)25(6)20(27)24(18)5/h7-8,11,22H,2,9-10,12H2,1,3-6H3. The van der Waals surface area contributed by atoms with E-state index in [1.165, 1.54) is 24.7 Å². The summed E-state index contributed by atoms with van der Waals surface area (Å²) in [5.41, 5.74) is 0.486. The smallest absolute Gasteiger partial charge is 0.332 e. The minimum Gasteiger partial charge on any atom is -0.375 e. The van der Waals surface area contributed by atoms with Crippen LogP contribution in [0.1, 0.15) is 11.1 Å². The molecule has 0 atom stereocenters. The lowest BCUT2D eigenvalue weighted by Crippen LogP contribution is -2.40. The Morgan fingerprint density at radius 2 is 1.93 bits per heavy atom. The molecule has 0 radical (unpaired) electrons. The van der Waals surface area contributed by atoms with Crippen LogP contribution < -0.4 is 16.6 Å². The number of hydrogen-bond acceptors (Lipinski definition) is 5. The average Bonchev–Trinajstić information content (AvgIpc) is 2.63. The van der Waals surface area contributed by atoms with Gasteiger partial charge in [-0.25, -0.2) is 9.18 Å². The highest BCUT2D eigenvalue weighted by Gasteiger charge is 2.19. The van der Waals surface area contributed by atoms with E-state index in [0.29, 0.717) is 12.2 Å². The Labute approximate surface area is 163 Å². The second-order valence-electron chi connectivity index (χ2n) is 7.00. The van der Waals surface area contributed by atoms with Crippen molar-refractivity contribution in [2.45, 2.75) is 6.92 Å². The fourth-order valence-corrected chi connectivity index (χ4v) is 2.67. The molecule has 0 saturated heterocycles. The van der Waals surface area contributed by atoms with Crippen molar-refractivity contribution in [2.75, 3.05) is 39.2 Å². The van der Waals surface area contributed by atoms with Crippen molar-refractivity contribution in [1.82, 2.24) is 14.0 Å². The first-order chi connectivity index (χ1) is 13.1. The number of nitrogens with zero attached hydrogens (tertiary/aromatic N) is 3. The molecule has 1 heterocycles. The van der Waals surface area contributed by atoms with E-state index in [4.69, 9.17) is 4.74 Å². The summed E-state index contributed by atoms with van der Waals surface area (Å²) in [6, 6.07) is 4.68. The lowest BCUT2D eigenvalue weighted by atomic mass is 10.1. The molecular weight excluding hydrogens is 363 g/mol. The fraction of sp³-hybridized carbons (Fsp3) is 0.400. The number of rotatable bonds is 8. The van der Waals surface area contributed by atoms with Crippen LogP contribution in [0, 0.1) is 12.7 Å². The molecule has 28 heavy (non-hydrogen) atoms. The summed E-state index contributed by atoms with van der Waals surface area (Å²) < 4.78 is 22.2. The van der Waals surface area contributed by atoms with Crippen molar-refractivity contribution in [3.8, 4) is 0 Å². The third-order valence-corrected chi connectivity index (χ3v) is 4.35. The van der Waals surface area contributed by atoms with Crippen molar-refractivity contribution in [3.63, 3.8) is 0 Å². The topological polar surface area (TPSA) is 68.5 Å². The zero-order chi connectivity index (χ0) is 21.0. The van der Waals surface area contributed by atoms with Crippen LogP contribution >= 0.6 is 0 Å². The van der Waals surface area contributed by atoms with E-state index in [-0.39, 0.29) is 23.7 Å². The molecule has 0 bridgehead atoms. The van der Waals surface area contributed by atoms with Gasteiger partial charge in [0.2, 0.25) is 0 Å². The summed E-state index contributed by atoms with van der Waals surface area (Å²) in [5, 5.41) is 2.88. The molecule has 0 aliphatic carbocycles. The first-order valence-electron chi connectivity index (χ1n) is 8.87. The summed E-state index contributed by atoms with van der Waals surface area (Å²) >= 11 is 0. The SMILES string of the molecule is C=C(COCCN(C)C)c1c(Nc2ccc(C)cc2F)n(C)c(=O)n(C)c1=O. The Hall–Kier alpha value is -2.71. The number of benzene rings is 1. The summed E-state index contributed by atoms with van der Waals surface area (Å²) in [6.45, 7) is 7.03. The third-order valence-electron chi connectivity index (χ3n) is 4.35. The van der Waals surface area contributed by atoms with Crippen LogP contribution in [0.15, 0.2) is 34.4 Å². The zero-order valence-electron chi connectivity index (χ0n) is 17.0. The highest BCUT2D eigenvalue weighted by Crippen LogP contribution is 2.24. The average molecular weight is 390 g/mol. The molecule has 1 aromatic heterocycles. The monoisotopic (exact) mass is 390 g/mol. The molecule has 2 aromatic rings. The molecule has 7 nitrogen and oxygen atoms in total. The maximum atomic E-state index is 14.3. The quantitative estimate of drug-likeness (QED) is 0.697. The number of likely N-dealkylation sites (N-methyl/N-ethyl adjacent to an activating group) is 1. The van der Waals surface area contributed by atoms with Gasteiger partial charge in [0, 0.05) is 20.6 Å². The van der Waals surface area contributed by atoms with Crippen molar-refractivity contribution < 1.29 is 9.13 Å². The Morgan fingerprint density at radius 1 is 1.25 bits per heavy atom. The normalized spacial score (nSPS) is 11.1. The van der Waals surface area contributed by atoms with Gasteiger partial charge in [-0.15, -0.1) is 0 Å². The van der Waals surface area contributed by atoms with E-state index in [1.54, 1.807) is 19.1 Å². The van der Waals surface area contributed by atoms with Crippen LogP contribution in [-0.2, 0) is 18.8 Å². The molecule has 0 aliphatic heterocycles. The summed E-state index contributed by atoms with van der Waals surface area (Å²) in [5.74, 6) is -0.302. The Kier molecular flexibility index (Phi) is 6.93. The van der Waals surface area contributed by atoms with Gasteiger partial charge in [-0.3, -0.25) is 13.9 Å². The maximum Gasteiger partial charge on any atom is 0.332 e. The van der Waals surface area contributed by atoms with Gasteiger partial charge < -0.3 is 15.0 Å². The molecule has 0 amide bonds. The molecule has 0 saturated carbocycles. The largest absolute Gasteiger partial charge is 0.375 e. The number of aromatic nitrogens is 2. The second-order valence-corrected chi connectivity index (χ2v) is 7.00. The molecule has 0 spiro atoms. The van der Waals surface area contributed by atoms with E-state index >= 15 is 0 Å². The molecule has 1 N–H and O–H groups in total. The van der Waals surface area contributed by atoms with Crippen LogP contribution in [0.5, 0.6) is 0 Å². The Morgan fingerprint density at radius 3 is 2.54 bits per heavy atom. The number of halogens is 1. The predicted molar refractivity (Wildman–Crippen MR) is 110 cm³/mol. The van der Waals surface area contributed by atoms with Gasteiger partial charge in [0.05, 0.1) is 24.5 Å². The summed E-state index contributed by atoms with van der Waals surface area (Å²) in [7, 11) is 6.77. The van der Waals surface area contributed by atoms with Crippen molar-refractivity contribution in [2.24, 2.45) is 14.1 Å².